The maximum atomic E-state index is 12.3. The van der Waals surface area contributed by atoms with Crippen LogP contribution in [-0.4, -0.2) is 10.9 Å². The Kier molecular flexibility index (Phi) is 4.62. The minimum Gasteiger partial charge on any atom is -0.457 e. The van der Waals surface area contributed by atoms with Crippen LogP contribution in [-0.2, 0) is 6.54 Å². The van der Waals surface area contributed by atoms with Gasteiger partial charge in [0.1, 0.15) is 11.5 Å². The maximum Gasteiger partial charge on any atom is 0.251 e. The fourth-order valence-corrected chi connectivity index (χ4v) is 3.30. The van der Waals surface area contributed by atoms with Gasteiger partial charge < -0.3 is 10.1 Å². The van der Waals surface area contributed by atoms with Gasteiger partial charge in [-0.25, -0.2) is 4.98 Å². The first-order valence-corrected chi connectivity index (χ1v) is 9.09. The predicted molar refractivity (Wildman–Crippen MR) is 104 cm³/mol. The molecule has 0 atom stereocenters. The highest BCUT2D eigenvalue weighted by molar-refractivity contribution is 7.16. The van der Waals surface area contributed by atoms with E-state index in [2.05, 4.69) is 10.3 Å². The molecule has 0 aliphatic rings. The molecule has 0 aliphatic carbocycles. The third-order valence-corrected chi connectivity index (χ3v) is 4.74. The average Bonchev–Trinajstić information content (AvgIpc) is 3.16. The minimum atomic E-state index is -0.0927. The molecule has 0 saturated carbocycles. The van der Waals surface area contributed by atoms with Crippen LogP contribution in [0.25, 0.3) is 10.2 Å². The van der Waals surface area contributed by atoms with Gasteiger partial charge in [0.25, 0.3) is 5.91 Å². The Morgan fingerprint density at radius 2 is 1.73 bits per heavy atom. The number of rotatable bonds is 5. The van der Waals surface area contributed by atoms with Crippen LogP contribution in [0.2, 0.25) is 0 Å². The smallest absolute Gasteiger partial charge is 0.251 e. The van der Waals surface area contributed by atoms with E-state index >= 15 is 0 Å². The number of fused-ring (bicyclic) bond motifs is 1. The monoisotopic (exact) mass is 360 g/mol. The normalized spacial score (nSPS) is 10.6. The zero-order chi connectivity index (χ0) is 17.8. The van der Waals surface area contributed by atoms with Crippen molar-refractivity contribution in [2.75, 3.05) is 0 Å². The van der Waals surface area contributed by atoms with E-state index in [1.54, 1.807) is 11.6 Å². The van der Waals surface area contributed by atoms with E-state index in [1.807, 2.05) is 66.7 Å². The molecule has 0 spiro atoms. The zero-order valence-corrected chi connectivity index (χ0v) is 14.7. The largest absolute Gasteiger partial charge is 0.457 e. The minimum absolute atomic E-state index is 0.0927. The van der Waals surface area contributed by atoms with Crippen LogP contribution in [0, 0.1) is 0 Å². The lowest BCUT2D eigenvalue weighted by Crippen LogP contribution is -2.22. The van der Waals surface area contributed by atoms with Crippen LogP contribution in [0.5, 0.6) is 11.5 Å². The summed E-state index contributed by atoms with van der Waals surface area (Å²) in [5, 5.41) is 2.95. The third kappa shape index (κ3) is 3.73. The topological polar surface area (TPSA) is 51.2 Å². The highest BCUT2D eigenvalue weighted by Gasteiger charge is 2.07. The number of nitrogens with zero attached hydrogens (tertiary/aromatic N) is 1. The quantitative estimate of drug-likeness (QED) is 0.544. The lowest BCUT2D eigenvalue weighted by Gasteiger charge is -2.08. The van der Waals surface area contributed by atoms with E-state index in [0.29, 0.717) is 12.1 Å². The summed E-state index contributed by atoms with van der Waals surface area (Å²) >= 11 is 1.53. The Labute approximate surface area is 155 Å². The fourth-order valence-electron chi connectivity index (χ4n) is 2.58. The summed E-state index contributed by atoms with van der Waals surface area (Å²) in [7, 11) is 0. The second-order valence-electron chi connectivity index (χ2n) is 5.78. The van der Waals surface area contributed by atoms with Crippen molar-refractivity contribution in [2.24, 2.45) is 0 Å². The number of aromatic nitrogens is 1. The molecule has 0 aliphatic heterocycles. The lowest BCUT2D eigenvalue weighted by atomic mass is 10.2. The number of benzene rings is 3. The summed E-state index contributed by atoms with van der Waals surface area (Å²) in [5.74, 6) is 1.47. The number of amides is 1. The molecule has 3 aromatic carbocycles. The molecule has 0 bridgehead atoms. The molecule has 128 valence electrons. The predicted octanol–water partition coefficient (Wildman–Crippen LogP) is 5.02. The van der Waals surface area contributed by atoms with Crippen LogP contribution in [0.1, 0.15) is 15.9 Å². The molecule has 0 fully saturated rings. The highest BCUT2D eigenvalue weighted by atomic mass is 32.1. The fraction of sp³-hybridized carbons (Fsp3) is 0.0476. The standard InChI is InChI=1S/C21H16N2O2S/c24-21(16-8-11-19-20(12-16)26-14-23-19)22-13-15-6-9-18(10-7-15)25-17-4-2-1-3-5-17/h1-12,14H,13H2,(H,22,24). The van der Waals surface area contributed by atoms with E-state index in [0.717, 1.165) is 27.3 Å². The molecule has 1 heterocycles. The summed E-state index contributed by atoms with van der Waals surface area (Å²) in [6, 6.07) is 22.9. The molecule has 1 amide bonds. The summed E-state index contributed by atoms with van der Waals surface area (Å²) < 4.78 is 6.78. The molecule has 0 radical (unpaired) electrons. The van der Waals surface area contributed by atoms with Gasteiger partial charge in [-0.2, -0.15) is 0 Å². The van der Waals surface area contributed by atoms with Crippen molar-refractivity contribution < 1.29 is 9.53 Å². The first kappa shape index (κ1) is 16.3. The van der Waals surface area contributed by atoms with Gasteiger partial charge in [-0.15, -0.1) is 11.3 Å². The number of nitrogens with one attached hydrogen (secondary N) is 1. The van der Waals surface area contributed by atoms with Gasteiger partial charge in [-0.1, -0.05) is 30.3 Å². The summed E-state index contributed by atoms with van der Waals surface area (Å²) in [4.78, 5) is 16.6. The summed E-state index contributed by atoms with van der Waals surface area (Å²) in [6.07, 6.45) is 0. The second-order valence-corrected chi connectivity index (χ2v) is 6.66. The van der Waals surface area contributed by atoms with Crippen molar-refractivity contribution in [2.45, 2.75) is 6.54 Å². The van der Waals surface area contributed by atoms with Gasteiger partial charge >= 0.3 is 0 Å². The number of hydrogen-bond acceptors (Lipinski definition) is 4. The number of carbonyl (C=O) groups is 1. The maximum absolute atomic E-state index is 12.3. The summed E-state index contributed by atoms with van der Waals surface area (Å²) in [6.45, 7) is 0.463. The molecule has 1 aromatic heterocycles. The van der Waals surface area contributed by atoms with E-state index < -0.39 is 0 Å². The zero-order valence-electron chi connectivity index (χ0n) is 13.9. The third-order valence-electron chi connectivity index (χ3n) is 3.95. The molecule has 0 saturated heterocycles. The van der Waals surface area contributed by atoms with Gasteiger partial charge in [0, 0.05) is 12.1 Å². The SMILES string of the molecule is O=C(NCc1ccc(Oc2ccccc2)cc1)c1ccc2ncsc2c1. The average molecular weight is 360 g/mol. The Balaban J connectivity index is 1.37. The Bertz CT molecular complexity index is 1030. The van der Waals surface area contributed by atoms with Crippen LogP contribution in [0.3, 0.4) is 0 Å². The lowest BCUT2D eigenvalue weighted by molar-refractivity contribution is 0.0951. The summed E-state index contributed by atoms with van der Waals surface area (Å²) in [5.41, 5.74) is 4.36. The van der Waals surface area contributed by atoms with Crippen molar-refractivity contribution in [3.63, 3.8) is 0 Å². The van der Waals surface area contributed by atoms with Crippen molar-refractivity contribution in [1.29, 1.82) is 0 Å². The Morgan fingerprint density at radius 3 is 2.54 bits per heavy atom. The molecule has 26 heavy (non-hydrogen) atoms. The van der Waals surface area contributed by atoms with Gasteiger partial charge in [-0.3, -0.25) is 4.79 Å². The molecule has 4 nitrogen and oxygen atoms in total. The van der Waals surface area contributed by atoms with Crippen LogP contribution < -0.4 is 10.1 Å². The van der Waals surface area contributed by atoms with Crippen molar-refractivity contribution in [3.8, 4) is 11.5 Å². The van der Waals surface area contributed by atoms with E-state index in [1.165, 1.54) is 11.3 Å². The number of ether oxygens (including phenoxy) is 1. The van der Waals surface area contributed by atoms with Crippen molar-refractivity contribution in [3.05, 3.63) is 89.4 Å². The van der Waals surface area contributed by atoms with Crippen molar-refractivity contribution >= 4 is 27.5 Å². The van der Waals surface area contributed by atoms with E-state index in [-0.39, 0.29) is 5.91 Å². The molecule has 4 aromatic rings. The first-order chi connectivity index (χ1) is 12.8. The van der Waals surface area contributed by atoms with Crippen LogP contribution in [0.4, 0.5) is 0 Å². The number of carbonyl (C=O) groups excluding carboxylic acids is 1. The molecule has 4 rings (SSSR count). The molecule has 5 heteroatoms. The van der Waals surface area contributed by atoms with Gasteiger partial charge in [0.2, 0.25) is 0 Å². The second kappa shape index (κ2) is 7.37. The van der Waals surface area contributed by atoms with Crippen molar-refractivity contribution in [1.82, 2.24) is 10.3 Å². The van der Waals surface area contributed by atoms with Crippen LogP contribution in [0.15, 0.2) is 78.3 Å². The van der Waals surface area contributed by atoms with Gasteiger partial charge in [-0.05, 0) is 48.0 Å². The number of thiazole rings is 1. The Hall–Kier alpha value is -3.18. The van der Waals surface area contributed by atoms with E-state index in [4.69, 9.17) is 4.74 Å². The molecule has 0 unspecified atom stereocenters. The van der Waals surface area contributed by atoms with E-state index in [9.17, 15) is 4.79 Å². The Morgan fingerprint density at radius 1 is 0.962 bits per heavy atom. The van der Waals surface area contributed by atoms with Gasteiger partial charge in [0.05, 0.1) is 15.7 Å². The molecule has 1 N–H and O–H groups in total. The number of hydrogen-bond donors (Lipinski definition) is 1. The van der Waals surface area contributed by atoms with Crippen LogP contribution >= 0.6 is 11.3 Å². The first-order valence-electron chi connectivity index (χ1n) is 8.21. The molecular weight excluding hydrogens is 344 g/mol. The highest BCUT2D eigenvalue weighted by Crippen LogP contribution is 2.21. The van der Waals surface area contributed by atoms with Gasteiger partial charge in [0.15, 0.2) is 0 Å². The number of para-hydroxylation sites is 1. The molecular formula is C21H16N2O2S.